The number of aromatic nitrogens is 1. The van der Waals surface area contributed by atoms with E-state index in [0.29, 0.717) is 5.13 Å². The maximum Gasteiger partial charge on any atom is 0.239 e. The van der Waals surface area contributed by atoms with E-state index in [1.807, 2.05) is 0 Å². The van der Waals surface area contributed by atoms with E-state index in [1.165, 1.54) is 22.5 Å². The predicted molar refractivity (Wildman–Crippen MR) is 87.7 cm³/mol. The first kappa shape index (κ1) is 15.7. The van der Waals surface area contributed by atoms with Crippen molar-refractivity contribution in [3.8, 4) is 0 Å². The quantitative estimate of drug-likeness (QED) is 0.912. The summed E-state index contributed by atoms with van der Waals surface area (Å²) in [5, 5.41) is 3.27. The molecule has 1 heterocycles. The third-order valence-electron chi connectivity index (χ3n) is 3.18. The van der Waals surface area contributed by atoms with Crippen molar-refractivity contribution in [1.29, 1.82) is 0 Å². The molecule has 1 aromatic carbocycles. The highest BCUT2D eigenvalue weighted by molar-refractivity contribution is 7.15. The van der Waals surface area contributed by atoms with E-state index < -0.39 is 0 Å². The number of nitrogens with one attached hydrogen (secondary N) is 1. The van der Waals surface area contributed by atoms with Crippen molar-refractivity contribution < 1.29 is 4.79 Å². The van der Waals surface area contributed by atoms with Gasteiger partial charge in [-0.1, -0.05) is 45.0 Å². The van der Waals surface area contributed by atoms with Crippen LogP contribution >= 0.6 is 11.3 Å². The Kier molecular flexibility index (Phi) is 4.75. The maximum atomic E-state index is 11.2. The van der Waals surface area contributed by atoms with Crippen molar-refractivity contribution in [3.63, 3.8) is 0 Å². The Morgan fingerprint density at radius 2 is 1.95 bits per heavy atom. The highest BCUT2D eigenvalue weighted by atomic mass is 32.1. The van der Waals surface area contributed by atoms with Gasteiger partial charge in [-0.2, -0.15) is 0 Å². The predicted octanol–water partition coefficient (Wildman–Crippen LogP) is 2.93. The molecule has 0 saturated heterocycles. The lowest BCUT2D eigenvalue weighted by molar-refractivity contribution is -0.114. The second kappa shape index (κ2) is 6.37. The van der Waals surface area contributed by atoms with E-state index in [-0.39, 0.29) is 17.9 Å². The minimum Gasteiger partial charge on any atom is -0.322 e. The number of nitrogens with zero attached hydrogens (tertiary/aromatic N) is 1. The van der Waals surface area contributed by atoms with Gasteiger partial charge >= 0.3 is 0 Å². The van der Waals surface area contributed by atoms with Crippen molar-refractivity contribution in [2.24, 2.45) is 5.73 Å². The summed E-state index contributed by atoms with van der Waals surface area (Å²) in [6.07, 6.45) is 2.62. The molecule has 0 aliphatic heterocycles. The summed E-state index contributed by atoms with van der Waals surface area (Å²) in [6, 6.07) is 8.65. The number of benzene rings is 1. The van der Waals surface area contributed by atoms with Crippen LogP contribution in [0.25, 0.3) is 0 Å². The summed E-state index contributed by atoms with van der Waals surface area (Å²) in [7, 11) is 0. The minimum absolute atomic E-state index is 0.0246. The fraction of sp³-hybridized carbons (Fsp3) is 0.375. The molecule has 0 saturated carbocycles. The van der Waals surface area contributed by atoms with Crippen LogP contribution in [0.3, 0.4) is 0 Å². The third kappa shape index (κ3) is 4.37. The van der Waals surface area contributed by atoms with Gasteiger partial charge in [0.2, 0.25) is 5.91 Å². The first-order valence-corrected chi connectivity index (χ1v) is 7.74. The zero-order valence-corrected chi connectivity index (χ0v) is 13.5. The van der Waals surface area contributed by atoms with E-state index in [1.54, 1.807) is 6.20 Å². The Labute approximate surface area is 129 Å². The average Bonchev–Trinajstić information content (AvgIpc) is 2.85. The SMILES string of the molecule is CC(C)(C)c1ccc(Cc2cnc(NC(=O)CN)s2)cc1. The molecule has 5 heteroatoms. The van der Waals surface area contributed by atoms with E-state index in [4.69, 9.17) is 5.73 Å². The molecule has 0 fully saturated rings. The van der Waals surface area contributed by atoms with E-state index in [2.05, 4.69) is 55.3 Å². The lowest BCUT2D eigenvalue weighted by Gasteiger charge is -2.19. The van der Waals surface area contributed by atoms with Crippen LogP contribution in [-0.4, -0.2) is 17.4 Å². The number of nitrogens with two attached hydrogens (primary N) is 1. The fourth-order valence-electron chi connectivity index (χ4n) is 1.94. The number of carbonyl (C=O) groups is 1. The summed E-state index contributed by atoms with van der Waals surface area (Å²) in [6.45, 7) is 6.59. The normalized spacial score (nSPS) is 11.4. The summed E-state index contributed by atoms with van der Waals surface area (Å²) >= 11 is 1.48. The Morgan fingerprint density at radius 1 is 1.29 bits per heavy atom. The van der Waals surface area contributed by atoms with Gasteiger partial charge in [-0.25, -0.2) is 4.98 Å². The molecule has 0 spiro atoms. The molecular weight excluding hydrogens is 282 g/mol. The zero-order valence-electron chi connectivity index (χ0n) is 12.6. The smallest absolute Gasteiger partial charge is 0.239 e. The van der Waals surface area contributed by atoms with Gasteiger partial charge in [-0.05, 0) is 16.5 Å². The van der Waals surface area contributed by atoms with Crippen molar-refractivity contribution in [2.45, 2.75) is 32.6 Å². The molecule has 4 nitrogen and oxygen atoms in total. The summed E-state index contributed by atoms with van der Waals surface area (Å²) < 4.78 is 0. The number of carbonyl (C=O) groups excluding carboxylic acids is 1. The Bertz CT molecular complexity index is 611. The van der Waals surface area contributed by atoms with Crippen LogP contribution in [-0.2, 0) is 16.6 Å². The largest absolute Gasteiger partial charge is 0.322 e. The van der Waals surface area contributed by atoms with Crippen molar-refractivity contribution in [2.75, 3.05) is 11.9 Å². The molecule has 2 rings (SSSR count). The minimum atomic E-state index is -0.217. The number of thiazole rings is 1. The maximum absolute atomic E-state index is 11.2. The van der Waals surface area contributed by atoms with E-state index >= 15 is 0 Å². The molecule has 0 aliphatic carbocycles. The monoisotopic (exact) mass is 303 g/mol. The van der Waals surface area contributed by atoms with Gasteiger partial charge in [0.15, 0.2) is 5.13 Å². The van der Waals surface area contributed by atoms with Gasteiger partial charge < -0.3 is 11.1 Å². The number of rotatable bonds is 4. The molecule has 3 N–H and O–H groups in total. The first-order valence-electron chi connectivity index (χ1n) is 6.92. The molecule has 0 unspecified atom stereocenters. The van der Waals surface area contributed by atoms with E-state index in [0.717, 1.165) is 11.3 Å². The molecule has 0 aliphatic rings. The number of hydrogen-bond acceptors (Lipinski definition) is 4. The Balaban J connectivity index is 2.03. The molecule has 0 bridgehead atoms. The third-order valence-corrected chi connectivity index (χ3v) is 4.10. The lowest BCUT2D eigenvalue weighted by Crippen LogP contribution is -2.21. The number of amides is 1. The van der Waals surface area contributed by atoms with Gasteiger partial charge in [-0.15, -0.1) is 11.3 Å². The molecular formula is C16H21N3OS. The van der Waals surface area contributed by atoms with Crippen molar-refractivity contribution in [1.82, 2.24) is 4.98 Å². The molecule has 21 heavy (non-hydrogen) atoms. The highest BCUT2D eigenvalue weighted by Crippen LogP contribution is 2.24. The Morgan fingerprint density at radius 3 is 2.52 bits per heavy atom. The molecule has 0 atom stereocenters. The molecule has 112 valence electrons. The number of hydrogen-bond donors (Lipinski definition) is 2. The molecule has 1 amide bonds. The second-order valence-electron chi connectivity index (χ2n) is 6.01. The first-order chi connectivity index (χ1) is 9.88. The van der Waals surface area contributed by atoms with Crippen LogP contribution in [0.15, 0.2) is 30.5 Å². The molecule has 1 aromatic heterocycles. The number of anilines is 1. The van der Waals surface area contributed by atoms with Crippen LogP contribution < -0.4 is 11.1 Å². The lowest BCUT2D eigenvalue weighted by atomic mass is 9.86. The van der Waals surface area contributed by atoms with Crippen LogP contribution in [0.2, 0.25) is 0 Å². The summed E-state index contributed by atoms with van der Waals surface area (Å²) in [5.41, 5.74) is 8.00. The average molecular weight is 303 g/mol. The fourth-order valence-corrected chi connectivity index (χ4v) is 2.80. The standard InChI is InChI=1S/C16H21N3OS/c1-16(2,3)12-6-4-11(5-7-12)8-13-10-18-15(21-13)19-14(20)9-17/h4-7,10H,8-9,17H2,1-3H3,(H,18,19,20). The van der Waals surface area contributed by atoms with Crippen molar-refractivity contribution >= 4 is 22.4 Å². The molecule has 2 aromatic rings. The van der Waals surface area contributed by atoms with Gasteiger partial charge in [0.25, 0.3) is 0 Å². The van der Waals surface area contributed by atoms with Crippen LogP contribution in [0.5, 0.6) is 0 Å². The van der Waals surface area contributed by atoms with Crippen molar-refractivity contribution in [3.05, 3.63) is 46.5 Å². The summed E-state index contributed by atoms with van der Waals surface area (Å²) in [5.74, 6) is -0.217. The highest BCUT2D eigenvalue weighted by Gasteiger charge is 2.13. The topological polar surface area (TPSA) is 68.0 Å². The van der Waals surface area contributed by atoms with E-state index in [9.17, 15) is 4.79 Å². The summed E-state index contributed by atoms with van der Waals surface area (Å²) in [4.78, 5) is 16.5. The van der Waals surface area contributed by atoms with Gasteiger partial charge in [-0.3, -0.25) is 4.79 Å². The van der Waals surface area contributed by atoms with Gasteiger partial charge in [0, 0.05) is 17.5 Å². The van der Waals surface area contributed by atoms with Crippen LogP contribution in [0.1, 0.15) is 36.8 Å². The van der Waals surface area contributed by atoms with Crippen LogP contribution in [0.4, 0.5) is 5.13 Å². The van der Waals surface area contributed by atoms with Crippen LogP contribution in [0, 0.1) is 0 Å². The molecule has 0 radical (unpaired) electrons. The van der Waals surface area contributed by atoms with Gasteiger partial charge in [0.1, 0.15) is 0 Å². The zero-order chi connectivity index (χ0) is 15.5. The second-order valence-corrected chi connectivity index (χ2v) is 7.12. The van der Waals surface area contributed by atoms with Gasteiger partial charge in [0.05, 0.1) is 6.54 Å². The Hall–Kier alpha value is -1.72.